The molecule has 4 nitrogen and oxygen atoms in total. The third-order valence-corrected chi connectivity index (χ3v) is 0.406. The maximum Gasteiger partial charge on any atom is 0.300 e. The third-order valence-electron chi connectivity index (χ3n) is 0.406. The van der Waals surface area contributed by atoms with E-state index in [1.807, 2.05) is 0 Å². The minimum atomic E-state index is -0.833. The van der Waals surface area contributed by atoms with E-state index in [0.29, 0.717) is 0 Å². The van der Waals surface area contributed by atoms with Crippen LogP contribution >= 0.6 is 0 Å². The molecule has 1 rings (SSSR count). The number of aromatic nitrogens is 2. The zero-order valence-corrected chi connectivity index (χ0v) is 8.03. The summed E-state index contributed by atoms with van der Waals surface area (Å²) in [6.45, 7) is 1.08. The van der Waals surface area contributed by atoms with Crippen LogP contribution in [0, 0.1) is 0 Å². The molecule has 0 atom stereocenters. The smallest absolute Gasteiger partial charge is 0.300 e. The quantitative estimate of drug-likeness (QED) is 0.517. The molecule has 0 saturated carbocycles. The van der Waals surface area contributed by atoms with E-state index in [1.165, 1.54) is 0 Å². The van der Waals surface area contributed by atoms with Crippen LogP contribution in [0.15, 0.2) is 18.7 Å². The summed E-state index contributed by atoms with van der Waals surface area (Å²) in [4.78, 5) is 15.4. The van der Waals surface area contributed by atoms with E-state index >= 15 is 0 Å². The number of aliphatic carboxylic acids is 1. The second kappa shape index (κ2) is 8.68. The van der Waals surface area contributed by atoms with E-state index in [4.69, 9.17) is 9.90 Å². The second-order valence-electron chi connectivity index (χ2n) is 1.28. The van der Waals surface area contributed by atoms with Gasteiger partial charge in [0, 0.05) is 48.9 Å². The predicted molar refractivity (Wildman–Crippen MR) is 37.7 cm³/mol. The molecule has 0 fully saturated rings. The van der Waals surface area contributed by atoms with Crippen molar-refractivity contribution >= 4 is 35.5 Å². The van der Waals surface area contributed by atoms with Crippen molar-refractivity contribution in [3.05, 3.63) is 18.7 Å². The Balaban J connectivity index is 0. The van der Waals surface area contributed by atoms with Crippen molar-refractivity contribution in [2.75, 3.05) is 0 Å². The second-order valence-corrected chi connectivity index (χ2v) is 1.28. The summed E-state index contributed by atoms with van der Waals surface area (Å²) in [5.74, 6) is -0.833. The van der Waals surface area contributed by atoms with Crippen LogP contribution in [0.25, 0.3) is 0 Å². The zero-order valence-electron chi connectivity index (χ0n) is 6.03. The van der Waals surface area contributed by atoms with Crippen LogP contribution in [0.2, 0.25) is 0 Å². The van der Waals surface area contributed by atoms with Gasteiger partial charge >= 0.3 is 0 Å². The van der Waals surface area contributed by atoms with Crippen LogP contribution in [0.5, 0.6) is 0 Å². The maximum atomic E-state index is 9.00. The van der Waals surface area contributed by atoms with Gasteiger partial charge in [0.15, 0.2) is 0 Å². The summed E-state index contributed by atoms with van der Waals surface area (Å²) in [6, 6.07) is 0. The minimum absolute atomic E-state index is 0. The van der Waals surface area contributed by atoms with E-state index in [-0.39, 0.29) is 29.6 Å². The molecule has 0 saturated heterocycles. The number of carbonyl (C=O) groups is 1. The summed E-state index contributed by atoms with van der Waals surface area (Å²) in [5, 5.41) is 7.42. The van der Waals surface area contributed by atoms with Gasteiger partial charge in [-0.2, -0.15) is 0 Å². The molecule has 10 heavy (non-hydrogen) atoms. The molecular weight excluding hydrogens is 143 g/mol. The van der Waals surface area contributed by atoms with Crippen LogP contribution in [0.4, 0.5) is 0 Å². The summed E-state index contributed by atoms with van der Waals surface area (Å²) in [5.41, 5.74) is 0. The molecule has 2 N–H and O–H groups in total. The first kappa shape index (κ1) is 12.4. The summed E-state index contributed by atoms with van der Waals surface area (Å²) in [7, 11) is 0. The molecule has 51 valence electrons. The van der Waals surface area contributed by atoms with Gasteiger partial charge in [0.1, 0.15) is 0 Å². The van der Waals surface area contributed by atoms with Gasteiger partial charge < -0.3 is 10.1 Å². The Morgan fingerprint density at radius 1 is 1.70 bits per heavy atom. The number of imidazole rings is 1. The molecular formula is C5H8N2NaO2. The number of H-pyrrole nitrogens is 1. The fourth-order valence-electron chi connectivity index (χ4n) is 0.215. The zero-order chi connectivity index (χ0) is 7.11. The van der Waals surface area contributed by atoms with Crippen molar-refractivity contribution in [3.63, 3.8) is 0 Å². The number of carboxylic acid groups (broad SMARTS) is 1. The molecule has 0 amide bonds. The molecule has 0 bridgehead atoms. The number of rotatable bonds is 0. The van der Waals surface area contributed by atoms with Gasteiger partial charge in [0.05, 0.1) is 6.33 Å². The van der Waals surface area contributed by atoms with Gasteiger partial charge in [-0.1, -0.05) is 0 Å². The molecule has 0 aromatic carbocycles. The molecule has 0 aliphatic carbocycles. The Hall–Kier alpha value is -0.320. The standard InChI is InChI=1S/C3H4N2.C2H4O2.Na/c1-2-5-3-4-1;1-2(3)4;/h1-3H,(H,4,5);1H3,(H,3,4);. The Morgan fingerprint density at radius 3 is 2.30 bits per heavy atom. The van der Waals surface area contributed by atoms with Crippen molar-refractivity contribution in [3.8, 4) is 0 Å². The molecule has 1 aromatic heterocycles. The molecule has 0 spiro atoms. The van der Waals surface area contributed by atoms with E-state index in [1.54, 1.807) is 18.7 Å². The molecule has 1 radical (unpaired) electrons. The average Bonchev–Trinajstić information content (AvgIpc) is 2.11. The van der Waals surface area contributed by atoms with Gasteiger partial charge in [-0.15, -0.1) is 0 Å². The molecule has 0 unspecified atom stereocenters. The SMILES string of the molecule is CC(=O)O.[Na].c1c[nH]cn1. The van der Waals surface area contributed by atoms with Crippen LogP contribution in [0.1, 0.15) is 6.92 Å². The van der Waals surface area contributed by atoms with E-state index in [2.05, 4.69) is 9.97 Å². The van der Waals surface area contributed by atoms with Crippen LogP contribution in [-0.2, 0) is 4.79 Å². The molecule has 1 aromatic rings. The number of aromatic amines is 1. The largest absolute Gasteiger partial charge is 0.481 e. The van der Waals surface area contributed by atoms with E-state index in [9.17, 15) is 0 Å². The summed E-state index contributed by atoms with van der Waals surface area (Å²) in [6.07, 6.45) is 5.08. The topological polar surface area (TPSA) is 66.0 Å². The minimum Gasteiger partial charge on any atom is -0.481 e. The Bertz CT molecular complexity index is 131. The van der Waals surface area contributed by atoms with Crippen LogP contribution < -0.4 is 0 Å². The first-order valence-electron chi connectivity index (χ1n) is 2.35. The first-order chi connectivity index (χ1) is 4.23. The van der Waals surface area contributed by atoms with Crippen molar-refractivity contribution < 1.29 is 9.90 Å². The summed E-state index contributed by atoms with van der Waals surface area (Å²) >= 11 is 0. The number of nitrogens with zero attached hydrogens (tertiary/aromatic N) is 1. The molecule has 0 aliphatic heterocycles. The third kappa shape index (κ3) is 15.6. The number of hydrogen-bond donors (Lipinski definition) is 2. The molecule has 5 heteroatoms. The fraction of sp³-hybridized carbons (Fsp3) is 0.200. The number of carboxylic acids is 1. The van der Waals surface area contributed by atoms with E-state index < -0.39 is 5.97 Å². The van der Waals surface area contributed by atoms with Crippen molar-refractivity contribution in [2.45, 2.75) is 6.92 Å². The Morgan fingerprint density at radius 2 is 2.20 bits per heavy atom. The van der Waals surface area contributed by atoms with Gasteiger partial charge in [-0.05, 0) is 0 Å². The normalized spacial score (nSPS) is 6.50. The Labute approximate surface area is 81.0 Å². The van der Waals surface area contributed by atoms with E-state index in [0.717, 1.165) is 6.92 Å². The number of nitrogens with one attached hydrogen (secondary N) is 1. The van der Waals surface area contributed by atoms with Gasteiger partial charge in [0.25, 0.3) is 5.97 Å². The Kier molecular flexibility index (Phi) is 10.7. The maximum absolute atomic E-state index is 9.00. The summed E-state index contributed by atoms with van der Waals surface area (Å²) < 4.78 is 0. The average molecular weight is 151 g/mol. The van der Waals surface area contributed by atoms with Crippen LogP contribution in [0.3, 0.4) is 0 Å². The van der Waals surface area contributed by atoms with Crippen molar-refractivity contribution in [1.29, 1.82) is 0 Å². The van der Waals surface area contributed by atoms with Gasteiger partial charge in [-0.3, -0.25) is 4.79 Å². The van der Waals surface area contributed by atoms with Gasteiger partial charge in [-0.25, -0.2) is 4.98 Å². The van der Waals surface area contributed by atoms with Crippen LogP contribution in [-0.4, -0.2) is 50.6 Å². The monoisotopic (exact) mass is 151 g/mol. The number of hydrogen-bond acceptors (Lipinski definition) is 2. The molecule has 0 aliphatic rings. The van der Waals surface area contributed by atoms with Crippen molar-refractivity contribution in [1.82, 2.24) is 9.97 Å². The van der Waals surface area contributed by atoms with Gasteiger partial charge in [0.2, 0.25) is 0 Å². The molecule has 1 heterocycles. The fourth-order valence-corrected chi connectivity index (χ4v) is 0.215. The van der Waals surface area contributed by atoms with Crippen molar-refractivity contribution in [2.24, 2.45) is 0 Å². The predicted octanol–water partition coefficient (Wildman–Crippen LogP) is 0.120. The first-order valence-corrected chi connectivity index (χ1v) is 2.35.